The molecule has 2 aromatic heterocycles. The normalized spacial score (nSPS) is 12.5. The number of aromatic nitrogens is 1. The zero-order valence-electron chi connectivity index (χ0n) is 11.1. The van der Waals surface area contributed by atoms with Crippen LogP contribution in [0.15, 0.2) is 27.4 Å². The van der Waals surface area contributed by atoms with Crippen LogP contribution in [-0.2, 0) is 6.42 Å². The third-order valence-electron chi connectivity index (χ3n) is 3.08. The largest absolute Gasteiger partial charge is 0.496 e. The molecule has 0 aromatic carbocycles. The van der Waals surface area contributed by atoms with E-state index in [0.29, 0.717) is 12.2 Å². The molecule has 102 valence electrons. The Balaban J connectivity index is 2.27. The highest BCUT2D eigenvalue weighted by molar-refractivity contribution is 9.10. The first-order chi connectivity index (χ1) is 9.04. The van der Waals surface area contributed by atoms with E-state index < -0.39 is 6.10 Å². The maximum atomic E-state index is 10.2. The van der Waals surface area contributed by atoms with Crippen LogP contribution in [0.2, 0.25) is 0 Å². The molecule has 0 amide bonds. The van der Waals surface area contributed by atoms with Crippen LogP contribution in [0.3, 0.4) is 0 Å². The molecule has 0 aliphatic rings. The van der Waals surface area contributed by atoms with E-state index in [2.05, 4.69) is 20.9 Å². The highest BCUT2D eigenvalue weighted by atomic mass is 79.9. The van der Waals surface area contributed by atoms with E-state index in [1.54, 1.807) is 25.6 Å². The van der Waals surface area contributed by atoms with Crippen LogP contribution in [0.5, 0.6) is 5.75 Å². The molecule has 1 unspecified atom stereocenters. The number of aliphatic hydroxyl groups excluding tert-OH is 1. The summed E-state index contributed by atoms with van der Waals surface area (Å²) in [6, 6.07) is 1.76. The molecule has 0 spiro atoms. The quantitative estimate of drug-likeness (QED) is 0.936. The lowest BCUT2D eigenvalue weighted by Crippen LogP contribution is -2.06. The van der Waals surface area contributed by atoms with Crippen LogP contribution >= 0.6 is 15.9 Å². The number of ether oxygens (including phenoxy) is 1. The van der Waals surface area contributed by atoms with Crippen molar-refractivity contribution >= 4 is 15.9 Å². The Morgan fingerprint density at radius 1 is 1.47 bits per heavy atom. The van der Waals surface area contributed by atoms with Gasteiger partial charge in [-0.3, -0.25) is 4.98 Å². The van der Waals surface area contributed by atoms with Crippen LogP contribution in [0.4, 0.5) is 0 Å². The van der Waals surface area contributed by atoms with E-state index in [4.69, 9.17) is 9.15 Å². The molecule has 1 N–H and O–H groups in total. The molecule has 0 radical (unpaired) electrons. The van der Waals surface area contributed by atoms with Gasteiger partial charge in [0.05, 0.1) is 17.8 Å². The summed E-state index contributed by atoms with van der Waals surface area (Å²) < 4.78 is 11.4. The van der Waals surface area contributed by atoms with Crippen molar-refractivity contribution in [3.05, 3.63) is 45.6 Å². The molecule has 0 fully saturated rings. The highest BCUT2D eigenvalue weighted by Gasteiger charge is 2.19. The van der Waals surface area contributed by atoms with Gasteiger partial charge in [0.25, 0.3) is 0 Å². The van der Waals surface area contributed by atoms with Gasteiger partial charge in [-0.05, 0) is 35.8 Å². The Hall–Kier alpha value is -1.33. The molecule has 0 aliphatic heterocycles. The van der Waals surface area contributed by atoms with Crippen molar-refractivity contribution in [2.45, 2.75) is 26.4 Å². The number of pyridine rings is 1. The lowest BCUT2D eigenvalue weighted by Gasteiger charge is -2.14. The Morgan fingerprint density at radius 3 is 2.79 bits per heavy atom. The van der Waals surface area contributed by atoms with Crippen molar-refractivity contribution < 1.29 is 14.3 Å². The molecule has 4 nitrogen and oxygen atoms in total. The zero-order valence-corrected chi connectivity index (χ0v) is 12.7. The van der Waals surface area contributed by atoms with E-state index in [-0.39, 0.29) is 0 Å². The summed E-state index contributed by atoms with van der Waals surface area (Å²) in [6.07, 6.45) is 2.95. The molecule has 0 aliphatic carbocycles. The van der Waals surface area contributed by atoms with Crippen molar-refractivity contribution in [2.75, 3.05) is 7.11 Å². The van der Waals surface area contributed by atoms with Crippen molar-refractivity contribution in [1.29, 1.82) is 0 Å². The predicted octanol–water partition coefficient (Wildman–Crippen LogP) is 3.34. The van der Waals surface area contributed by atoms with Gasteiger partial charge in [0.1, 0.15) is 17.6 Å². The number of halogens is 1. The Bertz CT molecular complexity index is 580. The highest BCUT2D eigenvalue weighted by Crippen LogP contribution is 2.30. The van der Waals surface area contributed by atoms with Crippen molar-refractivity contribution in [1.82, 2.24) is 4.98 Å². The molecule has 2 aromatic rings. The van der Waals surface area contributed by atoms with Crippen LogP contribution in [0.25, 0.3) is 0 Å². The van der Waals surface area contributed by atoms with Gasteiger partial charge in [-0.25, -0.2) is 0 Å². The molecule has 19 heavy (non-hydrogen) atoms. The predicted molar refractivity (Wildman–Crippen MR) is 75.3 cm³/mol. The molecule has 0 saturated carbocycles. The first kappa shape index (κ1) is 14.1. The molecule has 0 saturated heterocycles. The smallest absolute Gasteiger partial charge is 0.146 e. The summed E-state index contributed by atoms with van der Waals surface area (Å²) in [7, 11) is 1.64. The number of hydrogen-bond donors (Lipinski definition) is 1. The molecule has 0 bridgehead atoms. The van der Waals surface area contributed by atoms with E-state index in [1.807, 2.05) is 13.8 Å². The number of furan rings is 1. The number of hydrogen-bond acceptors (Lipinski definition) is 4. The SMILES string of the molecule is COc1c(C)cnc(CC(O)c2occc2Br)c1C. The molecular weight excluding hydrogens is 310 g/mol. The van der Waals surface area contributed by atoms with Crippen molar-refractivity contribution in [3.63, 3.8) is 0 Å². The summed E-state index contributed by atoms with van der Waals surface area (Å²) in [5.41, 5.74) is 2.74. The van der Waals surface area contributed by atoms with Crippen molar-refractivity contribution in [3.8, 4) is 5.75 Å². The van der Waals surface area contributed by atoms with Gasteiger partial charge >= 0.3 is 0 Å². The Kier molecular flexibility index (Phi) is 4.27. The van der Waals surface area contributed by atoms with E-state index in [0.717, 1.165) is 27.0 Å². The van der Waals surface area contributed by atoms with Crippen LogP contribution in [0.1, 0.15) is 28.7 Å². The number of aryl methyl sites for hydroxylation is 1. The first-order valence-corrected chi connectivity index (χ1v) is 6.74. The minimum atomic E-state index is -0.733. The van der Waals surface area contributed by atoms with E-state index in [1.165, 1.54) is 0 Å². The molecule has 2 rings (SSSR count). The monoisotopic (exact) mass is 325 g/mol. The topological polar surface area (TPSA) is 55.5 Å². The number of aliphatic hydroxyl groups is 1. The average Bonchev–Trinajstić information content (AvgIpc) is 2.80. The summed E-state index contributed by atoms with van der Waals surface area (Å²) >= 11 is 3.34. The first-order valence-electron chi connectivity index (χ1n) is 5.94. The average molecular weight is 326 g/mol. The second-order valence-corrected chi connectivity index (χ2v) is 5.25. The number of methoxy groups -OCH3 is 1. The lowest BCUT2D eigenvalue weighted by atomic mass is 10.0. The fourth-order valence-electron chi connectivity index (χ4n) is 2.10. The second-order valence-electron chi connectivity index (χ2n) is 4.40. The Labute approximate surface area is 120 Å². The second kappa shape index (κ2) is 5.75. The minimum absolute atomic E-state index is 0.384. The lowest BCUT2D eigenvalue weighted by molar-refractivity contribution is 0.148. The van der Waals surface area contributed by atoms with Gasteiger partial charge in [0.2, 0.25) is 0 Å². The van der Waals surface area contributed by atoms with Gasteiger partial charge in [0, 0.05) is 29.4 Å². The van der Waals surface area contributed by atoms with Gasteiger partial charge in [0.15, 0.2) is 0 Å². The fourth-order valence-corrected chi connectivity index (χ4v) is 2.56. The molecular formula is C14H16BrNO3. The summed E-state index contributed by atoms with van der Waals surface area (Å²) in [5, 5.41) is 10.2. The number of nitrogens with zero attached hydrogens (tertiary/aromatic N) is 1. The van der Waals surface area contributed by atoms with Crippen molar-refractivity contribution in [2.24, 2.45) is 0 Å². The van der Waals surface area contributed by atoms with Crippen LogP contribution in [0, 0.1) is 13.8 Å². The summed E-state index contributed by atoms with van der Waals surface area (Å²) in [6.45, 7) is 3.89. The molecule has 2 heterocycles. The summed E-state index contributed by atoms with van der Waals surface area (Å²) in [4.78, 5) is 4.37. The fraction of sp³-hybridized carbons (Fsp3) is 0.357. The van der Waals surface area contributed by atoms with E-state index >= 15 is 0 Å². The van der Waals surface area contributed by atoms with Gasteiger partial charge in [-0.2, -0.15) is 0 Å². The minimum Gasteiger partial charge on any atom is -0.496 e. The third-order valence-corrected chi connectivity index (χ3v) is 3.74. The van der Waals surface area contributed by atoms with Gasteiger partial charge < -0.3 is 14.3 Å². The summed E-state index contributed by atoms with van der Waals surface area (Å²) in [5.74, 6) is 1.33. The Morgan fingerprint density at radius 2 is 2.21 bits per heavy atom. The maximum Gasteiger partial charge on any atom is 0.146 e. The van der Waals surface area contributed by atoms with Gasteiger partial charge in [-0.15, -0.1) is 0 Å². The zero-order chi connectivity index (χ0) is 14.0. The van der Waals surface area contributed by atoms with Crippen LogP contribution < -0.4 is 4.74 Å². The van der Waals surface area contributed by atoms with Gasteiger partial charge in [-0.1, -0.05) is 0 Å². The van der Waals surface area contributed by atoms with Crippen LogP contribution in [-0.4, -0.2) is 17.2 Å². The maximum absolute atomic E-state index is 10.2. The van der Waals surface area contributed by atoms with E-state index in [9.17, 15) is 5.11 Å². The molecule has 1 atom stereocenters. The standard InChI is InChI=1S/C14H16BrNO3/c1-8-7-16-11(9(2)13(8)18-3)6-12(17)14-10(15)4-5-19-14/h4-5,7,12,17H,6H2,1-3H3. The number of rotatable bonds is 4. The molecule has 5 heteroatoms. The third kappa shape index (κ3) is 2.82.